The Morgan fingerprint density at radius 1 is 1.31 bits per heavy atom. The van der Waals surface area contributed by atoms with Crippen LogP contribution in [0.1, 0.15) is 18.5 Å². The summed E-state index contributed by atoms with van der Waals surface area (Å²) in [6, 6.07) is 5.41. The summed E-state index contributed by atoms with van der Waals surface area (Å²) in [7, 11) is 1.45. The van der Waals surface area contributed by atoms with E-state index in [-0.39, 0.29) is 25.9 Å². The molecule has 2 N–H and O–H groups in total. The van der Waals surface area contributed by atoms with E-state index in [1.165, 1.54) is 7.11 Å². The zero-order valence-electron chi connectivity index (χ0n) is 14.8. The maximum Gasteiger partial charge on any atom is 0.409 e. The Balaban J connectivity index is 1.63. The molecule has 1 aliphatic heterocycles. The summed E-state index contributed by atoms with van der Waals surface area (Å²) in [5, 5.41) is 12.0. The number of ether oxygens (including phenoxy) is 3. The quantitative estimate of drug-likeness (QED) is 0.737. The minimum atomic E-state index is -0.603. The summed E-state index contributed by atoms with van der Waals surface area (Å²) < 4.78 is 15.4. The number of alkyl carbamates (subject to hydrolysis) is 1. The van der Waals surface area contributed by atoms with Crippen LogP contribution in [0.2, 0.25) is 0 Å². The Labute approximate surface area is 152 Å². The van der Waals surface area contributed by atoms with E-state index in [1.54, 1.807) is 23.2 Å². The Hall–Kier alpha value is -2.39. The van der Waals surface area contributed by atoms with Gasteiger partial charge in [0.05, 0.1) is 18.3 Å². The first-order chi connectivity index (χ1) is 12.6. The van der Waals surface area contributed by atoms with E-state index >= 15 is 0 Å². The first-order valence-electron chi connectivity index (χ1n) is 8.51. The van der Waals surface area contributed by atoms with Crippen molar-refractivity contribution < 1.29 is 28.9 Å². The zero-order chi connectivity index (χ0) is 18.8. The van der Waals surface area contributed by atoms with Gasteiger partial charge in [-0.3, -0.25) is 4.98 Å². The van der Waals surface area contributed by atoms with Crippen molar-refractivity contribution in [3.8, 4) is 0 Å². The standard InChI is InChI=1S/C17H25N3O6/c1-24-15(12-26-17(23)20-8-5-14(21)6-9-20)11-25-16(22)19-10-13-4-2-3-7-18-13/h2-4,7,14-15,21H,5-6,8-12H2,1H3,(H,19,22). The number of aliphatic hydroxyl groups excluding tert-OH is 1. The molecule has 2 rings (SSSR count). The maximum atomic E-state index is 12.0. The maximum absolute atomic E-state index is 12.0. The lowest BCUT2D eigenvalue weighted by atomic mass is 10.1. The second-order valence-corrected chi connectivity index (χ2v) is 5.93. The fourth-order valence-electron chi connectivity index (χ4n) is 2.37. The lowest BCUT2D eigenvalue weighted by Crippen LogP contribution is -2.41. The lowest BCUT2D eigenvalue weighted by molar-refractivity contribution is -0.0149. The molecule has 0 bridgehead atoms. The van der Waals surface area contributed by atoms with Crippen LogP contribution in [0, 0.1) is 0 Å². The third-order valence-corrected chi connectivity index (χ3v) is 3.99. The van der Waals surface area contributed by atoms with E-state index in [2.05, 4.69) is 10.3 Å². The number of nitrogens with one attached hydrogen (secondary N) is 1. The number of nitrogens with zero attached hydrogens (tertiary/aromatic N) is 2. The molecular formula is C17H25N3O6. The van der Waals surface area contributed by atoms with Crippen LogP contribution in [0.3, 0.4) is 0 Å². The molecule has 1 aromatic heterocycles. The van der Waals surface area contributed by atoms with E-state index in [0.717, 1.165) is 0 Å². The van der Waals surface area contributed by atoms with Crippen LogP contribution in [0.5, 0.6) is 0 Å². The summed E-state index contributed by atoms with van der Waals surface area (Å²) in [5.41, 5.74) is 0.716. The van der Waals surface area contributed by atoms with Gasteiger partial charge >= 0.3 is 12.2 Å². The lowest BCUT2D eigenvalue weighted by Gasteiger charge is -2.29. The third kappa shape index (κ3) is 6.85. The minimum absolute atomic E-state index is 0.0259. The molecule has 1 atom stereocenters. The van der Waals surface area contributed by atoms with Crippen LogP contribution in [0.25, 0.3) is 0 Å². The van der Waals surface area contributed by atoms with Crippen LogP contribution in [-0.4, -0.2) is 72.8 Å². The fourth-order valence-corrected chi connectivity index (χ4v) is 2.37. The molecule has 1 unspecified atom stereocenters. The highest BCUT2D eigenvalue weighted by Gasteiger charge is 2.23. The number of hydrogen-bond acceptors (Lipinski definition) is 7. The van der Waals surface area contributed by atoms with Gasteiger partial charge in [0.15, 0.2) is 0 Å². The summed E-state index contributed by atoms with van der Waals surface area (Å²) >= 11 is 0. The van der Waals surface area contributed by atoms with Gasteiger partial charge in [-0.1, -0.05) is 6.07 Å². The van der Waals surface area contributed by atoms with Gasteiger partial charge in [0.25, 0.3) is 0 Å². The monoisotopic (exact) mass is 367 g/mol. The zero-order valence-corrected chi connectivity index (χ0v) is 14.8. The normalized spacial score (nSPS) is 16.0. The number of likely N-dealkylation sites (tertiary alicyclic amines) is 1. The number of carbonyl (C=O) groups excluding carboxylic acids is 2. The number of rotatable bonds is 7. The summed E-state index contributed by atoms with van der Waals surface area (Å²) in [6.07, 6.45) is 0.747. The van der Waals surface area contributed by atoms with Gasteiger partial charge in [-0.05, 0) is 25.0 Å². The van der Waals surface area contributed by atoms with E-state index in [4.69, 9.17) is 14.2 Å². The number of aliphatic hydroxyl groups is 1. The number of amides is 2. The molecule has 0 radical (unpaired) electrons. The van der Waals surface area contributed by atoms with E-state index in [1.807, 2.05) is 6.07 Å². The predicted octanol–water partition coefficient (Wildman–Crippen LogP) is 0.916. The van der Waals surface area contributed by atoms with Crippen molar-refractivity contribution in [2.24, 2.45) is 0 Å². The average Bonchev–Trinajstić information content (AvgIpc) is 2.67. The number of hydrogen-bond donors (Lipinski definition) is 2. The van der Waals surface area contributed by atoms with Crippen molar-refractivity contribution in [2.45, 2.75) is 31.6 Å². The Morgan fingerprint density at radius 2 is 2.04 bits per heavy atom. The molecule has 1 aromatic rings. The SMILES string of the molecule is COC(COC(=O)NCc1ccccn1)COC(=O)N1CCC(O)CC1. The first kappa shape index (κ1) is 19.9. The molecule has 1 fully saturated rings. The van der Waals surface area contributed by atoms with Crippen LogP contribution in [-0.2, 0) is 20.8 Å². The topological polar surface area (TPSA) is 110 Å². The fraction of sp³-hybridized carbons (Fsp3) is 0.588. The smallest absolute Gasteiger partial charge is 0.409 e. The van der Waals surface area contributed by atoms with E-state index in [9.17, 15) is 14.7 Å². The van der Waals surface area contributed by atoms with Crippen molar-refractivity contribution in [3.63, 3.8) is 0 Å². The molecule has 2 amide bonds. The highest BCUT2D eigenvalue weighted by molar-refractivity contribution is 5.68. The van der Waals surface area contributed by atoms with E-state index < -0.39 is 18.3 Å². The van der Waals surface area contributed by atoms with Crippen LogP contribution in [0.4, 0.5) is 9.59 Å². The van der Waals surface area contributed by atoms with Gasteiger partial charge < -0.3 is 29.5 Å². The van der Waals surface area contributed by atoms with Crippen LogP contribution >= 0.6 is 0 Å². The second-order valence-electron chi connectivity index (χ2n) is 5.93. The van der Waals surface area contributed by atoms with E-state index in [0.29, 0.717) is 31.6 Å². The van der Waals surface area contributed by atoms with Gasteiger partial charge in [-0.25, -0.2) is 9.59 Å². The van der Waals surface area contributed by atoms with Gasteiger partial charge in [-0.15, -0.1) is 0 Å². The average molecular weight is 367 g/mol. The molecule has 0 aliphatic carbocycles. The summed E-state index contributed by atoms with van der Waals surface area (Å²) in [4.78, 5) is 29.3. The van der Waals surface area contributed by atoms with Gasteiger partial charge in [0, 0.05) is 26.4 Å². The first-order valence-corrected chi connectivity index (χ1v) is 8.51. The molecule has 144 valence electrons. The molecular weight excluding hydrogens is 342 g/mol. The van der Waals surface area contributed by atoms with Gasteiger partial charge in [0.2, 0.25) is 0 Å². The number of piperidine rings is 1. The molecule has 0 saturated carbocycles. The van der Waals surface area contributed by atoms with Crippen LogP contribution < -0.4 is 5.32 Å². The van der Waals surface area contributed by atoms with Crippen molar-refractivity contribution in [3.05, 3.63) is 30.1 Å². The molecule has 26 heavy (non-hydrogen) atoms. The number of carbonyl (C=O) groups is 2. The van der Waals surface area contributed by atoms with Crippen molar-refractivity contribution in [1.29, 1.82) is 0 Å². The Morgan fingerprint density at radius 3 is 2.69 bits per heavy atom. The van der Waals surface area contributed by atoms with Gasteiger partial charge in [-0.2, -0.15) is 0 Å². The van der Waals surface area contributed by atoms with Gasteiger partial charge in [0.1, 0.15) is 19.3 Å². The molecule has 2 heterocycles. The molecule has 9 heteroatoms. The van der Waals surface area contributed by atoms with Crippen LogP contribution in [0.15, 0.2) is 24.4 Å². The number of methoxy groups -OCH3 is 1. The second kappa shape index (κ2) is 10.6. The molecule has 1 saturated heterocycles. The summed E-state index contributed by atoms with van der Waals surface area (Å²) in [5.74, 6) is 0. The Kier molecular flexibility index (Phi) is 8.10. The largest absolute Gasteiger partial charge is 0.447 e. The molecule has 0 aromatic carbocycles. The highest BCUT2D eigenvalue weighted by Crippen LogP contribution is 2.11. The van der Waals surface area contributed by atoms with Crippen molar-refractivity contribution in [2.75, 3.05) is 33.4 Å². The van der Waals surface area contributed by atoms with Crippen molar-refractivity contribution in [1.82, 2.24) is 15.2 Å². The minimum Gasteiger partial charge on any atom is -0.447 e. The summed E-state index contributed by atoms with van der Waals surface area (Å²) in [6.45, 7) is 1.11. The number of pyridine rings is 1. The highest BCUT2D eigenvalue weighted by atomic mass is 16.6. The predicted molar refractivity (Wildman–Crippen MR) is 91.4 cm³/mol. The number of aromatic nitrogens is 1. The van der Waals surface area contributed by atoms with Crippen molar-refractivity contribution >= 4 is 12.2 Å². The molecule has 9 nitrogen and oxygen atoms in total. The molecule has 0 spiro atoms. The Bertz CT molecular complexity index is 563. The molecule has 1 aliphatic rings. The third-order valence-electron chi connectivity index (χ3n) is 3.99.